The predicted molar refractivity (Wildman–Crippen MR) is 81.2 cm³/mol. The molecule has 120 valence electrons. The highest BCUT2D eigenvalue weighted by Gasteiger charge is 2.32. The first-order valence-electron chi connectivity index (χ1n) is 7.34. The summed E-state index contributed by atoms with van der Waals surface area (Å²) in [7, 11) is 1.37. The van der Waals surface area contributed by atoms with Crippen molar-refractivity contribution in [1.29, 1.82) is 0 Å². The van der Waals surface area contributed by atoms with E-state index in [1.54, 1.807) is 0 Å². The van der Waals surface area contributed by atoms with Crippen molar-refractivity contribution in [3.63, 3.8) is 0 Å². The molecule has 1 saturated carbocycles. The molecule has 2 rings (SSSR count). The van der Waals surface area contributed by atoms with Crippen LogP contribution in [0, 0.1) is 17.7 Å². The zero-order valence-corrected chi connectivity index (χ0v) is 13.2. The molecule has 0 radical (unpaired) electrons. The molecule has 2 unspecified atom stereocenters. The van der Waals surface area contributed by atoms with Gasteiger partial charge >= 0.3 is 5.97 Å². The van der Waals surface area contributed by atoms with Crippen LogP contribution >= 0.6 is 11.6 Å². The fraction of sp³-hybridized carbons (Fsp3) is 0.500. The monoisotopic (exact) mass is 327 g/mol. The van der Waals surface area contributed by atoms with Gasteiger partial charge in [0, 0.05) is 6.54 Å². The Morgan fingerprint density at radius 3 is 2.77 bits per heavy atom. The van der Waals surface area contributed by atoms with Gasteiger partial charge in [-0.2, -0.15) is 0 Å². The van der Waals surface area contributed by atoms with Gasteiger partial charge in [0.25, 0.3) is 5.91 Å². The van der Waals surface area contributed by atoms with Crippen molar-refractivity contribution in [2.24, 2.45) is 11.8 Å². The summed E-state index contributed by atoms with van der Waals surface area (Å²) >= 11 is 5.87. The number of hydrogen-bond acceptors (Lipinski definition) is 3. The Morgan fingerprint density at radius 1 is 1.36 bits per heavy atom. The molecule has 0 aromatic heterocycles. The minimum atomic E-state index is -0.654. The standard InChI is InChI=1S/C16H19ClFNO3/c1-22-16(21)11-6-3-2-5-10(11)9-19-15(20)14-12(17)7-4-8-13(14)18/h4,7-8,10-11H,2-3,5-6,9H2,1H3,(H,19,20). The first-order chi connectivity index (χ1) is 10.5. The zero-order chi connectivity index (χ0) is 16.1. The van der Waals surface area contributed by atoms with Crippen LogP contribution in [0.3, 0.4) is 0 Å². The van der Waals surface area contributed by atoms with E-state index in [2.05, 4.69) is 5.32 Å². The third-order valence-corrected chi connectivity index (χ3v) is 4.44. The van der Waals surface area contributed by atoms with Crippen LogP contribution < -0.4 is 5.32 Å². The summed E-state index contributed by atoms with van der Waals surface area (Å²) in [6.45, 7) is 0.309. The molecule has 0 bridgehead atoms. The molecule has 1 N–H and O–H groups in total. The molecule has 22 heavy (non-hydrogen) atoms. The molecule has 1 aromatic carbocycles. The first kappa shape index (κ1) is 16.7. The number of nitrogens with one attached hydrogen (secondary N) is 1. The Morgan fingerprint density at radius 2 is 2.09 bits per heavy atom. The van der Waals surface area contributed by atoms with Gasteiger partial charge in [-0.3, -0.25) is 9.59 Å². The highest BCUT2D eigenvalue weighted by Crippen LogP contribution is 2.30. The summed E-state index contributed by atoms with van der Waals surface area (Å²) in [6, 6.07) is 4.11. The minimum Gasteiger partial charge on any atom is -0.469 e. The van der Waals surface area contributed by atoms with Gasteiger partial charge in [0.05, 0.1) is 23.6 Å². The highest BCUT2D eigenvalue weighted by molar-refractivity contribution is 6.33. The number of carbonyl (C=O) groups excluding carboxylic acids is 2. The van der Waals surface area contributed by atoms with Gasteiger partial charge in [-0.1, -0.05) is 30.5 Å². The summed E-state index contributed by atoms with van der Waals surface area (Å²) in [6.07, 6.45) is 3.58. The highest BCUT2D eigenvalue weighted by atomic mass is 35.5. The van der Waals surface area contributed by atoms with E-state index in [4.69, 9.17) is 16.3 Å². The number of amides is 1. The SMILES string of the molecule is COC(=O)C1CCCCC1CNC(=O)c1c(F)cccc1Cl. The van der Waals surface area contributed by atoms with E-state index in [0.717, 1.165) is 25.7 Å². The maximum Gasteiger partial charge on any atom is 0.309 e. The molecule has 2 atom stereocenters. The summed E-state index contributed by atoms with van der Waals surface area (Å²) < 4.78 is 18.5. The van der Waals surface area contributed by atoms with Gasteiger partial charge < -0.3 is 10.1 Å². The number of benzene rings is 1. The van der Waals surface area contributed by atoms with E-state index >= 15 is 0 Å². The van der Waals surface area contributed by atoms with Gasteiger partial charge in [0.15, 0.2) is 0 Å². The number of rotatable bonds is 4. The largest absolute Gasteiger partial charge is 0.469 e. The Balaban J connectivity index is 2.02. The molecular formula is C16H19ClFNO3. The lowest BCUT2D eigenvalue weighted by Crippen LogP contribution is -2.38. The molecule has 0 spiro atoms. The summed E-state index contributed by atoms with van der Waals surface area (Å²) in [5.74, 6) is -1.66. The van der Waals surface area contributed by atoms with Gasteiger partial charge in [-0.15, -0.1) is 0 Å². The number of esters is 1. The van der Waals surface area contributed by atoms with Crippen molar-refractivity contribution in [1.82, 2.24) is 5.32 Å². The third kappa shape index (κ3) is 3.77. The van der Waals surface area contributed by atoms with Crippen molar-refractivity contribution < 1.29 is 18.7 Å². The van der Waals surface area contributed by atoms with Crippen molar-refractivity contribution in [3.05, 3.63) is 34.6 Å². The third-order valence-electron chi connectivity index (χ3n) is 4.13. The predicted octanol–water partition coefficient (Wildman–Crippen LogP) is 3.19. The Hall–Kier alpha value is -1.62. The van der Waals surface area contributed by atoms with Gasteiger partial charge in [-0.25, -0.2) is 4.39 Å². The summed E-state index contributed by atoms with van der Waals surface area (Å²) in [4.78, 5) is 23.9. The number of ether oxygens (including phenoxy) is 1. The average molecular weight is 328 g/mol. The fourth-order valence-electron chi connectivity index (χ4n) is 2.94. The molecule has 0 saturated heterocycles. The average Bonchev–Trinajstić information content (AvgIpc) is 2.52. The zero-order valence-electron chi connectivity index (χ0n) is 12.4. The molecule has 1 amide bonds. The van der Waals surface area contributed by atoms with Crippen LogP contribution in [-0.2, 0) is 9.53 Å². The van der Waals surface area contributed by atoms with Crippen LogP contribution in [0.4, 0.5) is 4.39 Å². The number of hydrogen-bond donors (Lipinski definition) is 1. The lowest BCUT2D eigenvalue weighted by Gasteiger charge is -2.29. The number of halogens is 2. The second-order valence-corrected chi connectivity index (χ2v) is 5.89. The van der Waals surface area contributed by atoms with Crippen LogP contribution in [0.15, 0.2) is 18.2 Å². The second-order valence-electron chi connectivity index (χ2n) is 5.48. The van der Waals surface area contributed by atoms with E-state index in [9.17, 15) is 14.0 Å². The van der Waals surface area contributed by atoms with E-state index < -0.39 is 11.7 Å². The Bertz CT molecular complexity index is 544. The van der Waals surface area contributed by atoms with Gasteiger partial charge in [0.2, 0.25) is 0 Å². The molecule has 6 heteroatoms. The van der Waals surface area contributed by atoms with E-state index in [0.29, 0.717) is 6.54 Å². The van der Waals surface area contributed by atoms with Crippen molar-refractivity contribution >= 4 is 23.5 Å². The molecule has 1 aliphatic rings. The second kappa shape index (κ2) is 7.58. The normalized spacial score (nSPS) is 21.2. The van der Waals surface area contributed by atoms with Crippen LogP contribution in [0.5, 0.6) is 0 Å². The van der Waals surface area contributed by atoms with Crippen LogP contribution in [0.1, 0.15) is 36.0 Å². The minimum absolute atomic E-state index is 0.00991. The van der Waals surface area contributed by atoms with Crippen LogP contribution in [0.2, 0.25) is 5.02 Å². The molecular weight excluding hydrogens is 309 g/mol. The van der Waals surface area contributed by atoms with Gasteiger partial charge in [-0.05, 0) is 30.9 Å². The Labute approximate surface area is 134 Å². The van der Waals surface area contributed by atoms with Crippen LogP contribution in [-0.4, -0.2) is 25.5 Å². The molecule has 0 heterocycles. The van der Waals surface area contributed by atoms with E-state index in [-0.39, 0.29) is 28.4 Å². The number of methoxy groups -OCH3 is 1. The van der Waals surface area contributed by atoms with Crippen molar-refractivity contribution in [2.75, 3.05) is 13.7 Å². The first-order valence-corrected chi connectivity index (χ1v) is 7.72. The van der Waals surface area contributed by atoms with Crippen molar-refractivity contribution in [2.45, 2.75) is 25.7 Å². The maximum absolute atomic E-state index is 13.7. The Kier molecular flexibility index (Phi) is 5.77. The summed E-state index contributed by atoms with van der Waals surface area (Å²) in [5.41, 5.74) is -0.158. The van der Waals surface area contributed by atoms with Crippen LogP contribution in [0.25, 0.3) is 0 Å². The molecule has 1 fully saturated rings. The van der Waals surface area contributed by atoms with Gasteiger partial charge in [0.1, 0.15) is 5.82 Å². The summed E-state index contributed by atoms with van der Waals surface area (Å²) in [5, 5.41) is 2.76. The number of carbonyl (C=O) groups is 2. The smallest absolute Gasteiger partial charge is 0.309 e. The lowest BCUT2D eigenvalue weighted by molar-refractivity contribution is -0.148. The molecule has 4 nitrogen and oxygen atoms in total. The molecule has 0 aliphatic heterocycles. The lowest BCUT2D eigenvalue weighted by atomic mass is 9.79. The molecule has 1 aromatic rings. The topological polar surface area (TPSA) is 55.4 Å². The quantitative estimate of drug-likeness (QED) is 0.864. The van der Waals surface area contributed by atoms with E-state index in [1.165, 1.54) is 25.3 Å². The van der Waals surface area contributed by atoms with Crippen molar-refractivity contribution in [3.8, 4) is 0 Å². The molecule has 1 aliphatic carbocycles. The fourth-order valence-corrected chi connectivity index (χ4v) is 3.19. The van der Waals surface area contributed by atoms with E-state index in [1.807, 2.05) is 0 Å². The maximum atomic E-state index is 13.7.